The molecule has 0 bridgehead atoms. The number of benzene rings is 2. The molecule has 1 atom stereocenters. The third kappa shape index (κ3) is 6.79. The Morgan fingerprint density at radius 3 is 2.21 bits per heavy atom. The SMILES string of the molecule is CCOc1ccc(O[C@H](C)C(=O)NNC(=O)/C=C/c2ccc(CC)cc2)cc1. The van der Waals surface area contributed by atoms with Crippen molar-refractivity contribution in [3.05, 3.63) is 65.7 Å². The highest BCUT2D eigenvalue weighted by molar-refractivity contribution is 5.93. The highest BCUT2D eigenvalue weighted by Crippen LogP contribution is 2.18. The molecule has 0 radical (unpaired) electrons. The van der Waals surface area contributed by atoms with Crippen molar-refractivity contribution in [3.63, 3.8) is 0 Å². The molecule has 0 fully saturated rings. The Morgan fingerprint density at radius 1 is 0.964 bits per heavy atom. The van der Waals surface area contributed by atoms with Gasteiger partial charge in [0, 0.05) is 6.08 Å². The number of nitrogens with one attached hydrogen (secondary N) is 2. The van der Waals surface area contributed by atoms with Crippen molar-refractivity contribution in [3.8, 4) is 11.5 Å². The van der Waals surface area contributed by atoms with E-state index in [1.165, 1.54) is 11.6 Å². The van der Waals surface area contributed by atoms with E-state index in [0.29, 0.717) is 12.4 Å². The van der Waals surface area contributed by atoms with Crippen molar-refractivity contribution in [2.75, 3.05) is 6.61 Å². The molecule has 0 aromatic heterocycles. The molecule has 2 N–H and O–H groups in total. The number of aryl methyl sites for hydroxylation is 1. The summed E-state index contributed by atoms with van der Waals surface area (Å²) in [6.07, 6.45) is 3.23. The molecule has 0 aliphatic heterocycles. The average molecular weight is 382 g/mol. The smallest absolute Gasteiger partial charge is 0.279 e. The average Bonchev–Trinajstić information content (AvgIpc) is 2.72. The quantitative estimate of drug-likeness (QED) is 0.543. The maximum atomic E-state index is 12.1. The fourth-order valence-electron chi connectivity index (χ4n) is 2.34. The predicted molar refractivity (Wildman–Crippen MR) is 109 cm³/mol. The van der Waals surface area contributed by atoms with E-state index in [9.17, 15) is 9.59 Å². The molecule has 0 spiro atoms. The number of rotatable bonds is 8. The van der Waals surface area contributed by atoms with Crippen molar-refractivity contribution in [2.45, 2.75) is 33.3 Å². The molecule has 6 nitrogen and oxygen atoms in total. The van der Waals surface area contributed by atoms with Gasteiger partial charge in [0.15, 0.2) is 6.10 Å². The minimum atomic E-state index is -0.774. The fraction of sp³-hybridized carbons (Fsp3) is 0.273. The molecule has 0 aliphatic carbocycles. The summed E-state index contributed by atoms with van der Waals surface area (Å²) >= 11 is 0. The van der Waals surface area contributed by atoms with E-state index >= 15 is 0 Å². The van der Waals surface area contributed by atoms with Gasteiger partial charge in [0.1, 0.15) is 11.5 Å². The van der Waals surface area contributed by atoms with Crippen molar-refractivity contribution in [2.24, 2.45) is 0 Å². The number of hydrogen-bond acceptors (Lipinski definition) is 4. The maximum absolute atomic E-state index is 12.1. The van der Waals surface area contributed by atoms with Gasteiger partial charge in [-0.1, -0.05) is 31.2 Å². The van der Waals surface area contributed by atoms with Gasteiger partial charge in [0.2, 0.25) is 0 Å². The van der Waals surface area contributed by atoms with Crippen LogP contribution in [0.2, 0.25) is 0 Å². The summed E-state index contributed by atoms with van der Waals surface area (Å²) in [6, 6.07) is 14.9. The van der Waals surface area contributed by atoms with E-state index in [1.807, 2.05) is 31.2 Å². The third-order valence-corrected chi connectivity index (χ3v) is 3.94. The highest BCUT2D eigenvalue weighted by Gasteiger charge is 2.15. The van der Waals surface area contributed by atoms with E-state index in [1.54, 1.807) is 37.3 Å². The molecule has 0 unspecified atom stereocenters. The third-order valence-electron chi connectivity index (χ3n) is 3.94. The molecule has 0 aliphatic rings. The Kier molecular flexibility index (Phi) is 8.09. The number of amides is 2. The van der Waals surface area contributed by atoms with Gasteiger partial charge in [-0.2, -0.15) is 0 Å². The summed E-state index contributed by atoms with van der Waals surface area (Å²) in [4.78, 5) is 23.9. The van der Waals surface area contributed by atoms with Crippen LogP contribution < -0.4 is 20.3 Å². The molecule has 148 valence electrons. The van der Waals surface area contributed by atoms with E-state index in [-0.39, 0.29) is 0 Å². The minimum absolute atomic E-state index is 0.429. The summed E-state index contributed by atoms with van der Waals surface area (Å²) in [5.41, 5.74) is 6.83. The predicted octanol–water partition coefficient (Wildman–Crippen LogP) is 3.28. The van der Waals surface area contributed by atoms with Crippen LogP contribution in [0.25, 0.3) is 6.08 Å². The van der Waals surface area contributed by atoms with Crippen LogP contribution >= 0.6 is 0 Å². The molecule has 0 saturated heterocycles. The van der Waals surface area contributed by atoms with Gasteiger partial charge in [-0.3, -0.25) is 20.4 Å². The second-order valence-corrected chi connectivity index (χ2v) is 6.07. The lowest BCUT2D eigenvalue weighted by atomic mass is 10.1. The van der Waals surface area contributed by atoms with E-state index in [4.69, 9.17) is 9.47 Å². The zero-order chi connectivity index (χ0) is 20.4. The Bertz CT molecular complexity index is 798. The van der Waals surface area contributed by atoms with Crippen LogP contribution in [-0.2, 0) is 16.0 Å². The number of carbonyl (C=O) groups excluding carboxylic acids is 2. The van der Waals surface area contributed by atoms with Gasteiger partial charge in [-0.15, -0.1) is 0 Å². The molecular formula is C22H26N2O4. The normalized spacial score (nSPS) is 11.7. The fourth-order valence-corrected chi connectivity index (χ4v) is 2.34. The molecule has 28 heavy (non-hydrogen) atoms. The zero-order valence-corrected chi connectivity index (χ0v) is 16.4. The van der Waals surface area contributed by atoms with Gasteiger partial charge in [-0.05, 0) is 61.7 Å². The summed E-state index contributed by atoms with van der Waals surface area (Å²) in [7, 11) is 0. The molecule has 6 heteroatoms. The maximum Gasteiger partial charge on any atom is 0.279 e. The Labute approximate surface area is 165 Å². The lowest BCUT2D eigenvalue weighted by molar-refractivity contribution is -0.131. The molecule has 2 aromatic rings. The number of hydrogen-bond donors (Lipinski definition) is 2. The van der Waals surface area contributed by atoms with Crippen LogP contribution in [0.15, 0.2) is 54.6 Å². The number of hydrazine groups is 1. The first kappa shape index (κ1) is 21.0. The Balaban J connectivity index is 1.78. The summed E-state index contributed by atoms with van der Waals surface area (Å²) in [6.45, 7) is 6.17. The molecule has 0 heterocycles. The number of ether oxygens (including phenoxy) is 2. The van der Waals surface area contributed by atoms with Gasteiger partial charge in [-0.25, -0.2) is 0 Å². The van der Waals surface area contributed by atoms with Crippen molar-refractivity contribution >= 4 is 17.9 Å². The first-order valence-electron chi connectivity index (χ1n) is 9.28. The number of carbonyl (C=O) groups is 2. The Hall–Kier alpha value is -3.28. The van der Waals surface area contributed by atoms with E-state index < -0.39 is 17.9 Å². The summed E-state index contributed by atoms with van der Waals surface area (Å²) in [5, 5.41) is 0. The molecule has 2 aromatic carbocycles. The van der Waals surface area contributed by atoms with Crippen LogP contribution in [0.3, 0.4) is 0 Å². The van der Waals surface area contributed by atoms with Crippen molar-refractivity contribution in [1.82, 2.24) is 10.9 Å². The van der Waals surface area contributed by atoms with Crippen LogP contribution in [-0.4, -0.2) is 24.5 Å². The van der Waals surface area contributed by atoms with Gasteiger partial charge in [0.05, 0.1) is 6.61 Å². The first-order chi connectivity index (χ1) is 13.5. The van der Waals surface area contributed by atoms with Crippen LogP contribution in [0.4, 0.5) is 0 Å². The minimum Gasteiger partial charge on any atom is -0.494 e. The van der Waals surface area contributed by atoms with Crippen molar-refractivity contribution in [1.29, 1.82) is 0 Å². The molecule has 2 rings (SSSR count). The molecular weight excluding hydrogens is 356 g/mol. The standard InChI is InChI=1S/C22H26N2O4/c1-4-17-6-8-18(9-7-17)10-15-21(25)23-24-22(26)16(3)28-20-13-11-19(12-14-20)27-5-2/h6-16H,4-5H2,1-3H3,(H,23,25)(H,24,26)/b15-10+/t16-/m1/s1. The molecule has 2 amide bonds. The zero-order valence-electron chi connectivity index (χ0n) is 16.4. The lowest BCUT2D eigenvalue weighted by Gasteiger charge is -2.15. The Morgan fingerprint density at radius 2 is 1.61 bits per heavy atom. The summed E-state index contributed by atoms with van der Waals surface area (Å²) in [5.74, 6) is 0.382. The summed E-state index contributed by atoms with van der Waals surface area (Å²) < 4.78 is 10.9. The van der Waals surface area contributed by atoms with Gasteiger partial charge < -0.3 is 9.47 Å². The highest BCUT2D eigenvalue weighted by atomic mass is 16.5. The van der Waals surface area contributed by atoms with Crippen molar-refractivity contribution < 1.29 is 19.1 Å². The van der Waals surface area contributed by atoms with E-state index in [0.717, 1.165) is 17.7 Å². The van der Waals surface area contributed by atoms with Gasteiger partial charge >= 0.3 is 0 Å². The second-order valence-electron chi connectivity index (χ2n) is 6.07. The molecule has 0 saturated carbocycles. The topological polar surface area (TPSA) is 76.7 Å². The second kappa shape index (κ2) is 10.8. The van der Waals surface area contributed by atoms with E-state index in [2.05, 4.69) is 17.8 Å². The van der Waals surface area contributed by atoms with Crippen LogP contribution in [0, 0.1) is 0 Å². The first-order valence-corrected chi connectivity index (χ1v) is 9.28. The monoisotopic (exact) mass is 382 g/mol. The van der Waals surface area contributed by atoms with Crippen LogP contribution in [0.1, 0.15) is 31.9 Å². The van der Waals surface area contributed by atoms with Crippen LogP contribution in [0.5, 0.6) is 11.5 Å². The largest absolute Gasteiger partial charge is 0.494 e. The lowest BCUT2D eigenvalue weighted by Crippen LogP contribution is -2.46. The van der Waals surface area contributed by atoms with Gasteiger partial charge in [0.25, 0.3) is 11.8 Å².